The van der Waals surface area contributed by atoms with E-state index in [2.05, 4.69) is 25.5 Å². The lowest BCUT2D eigenvalue weighted by Crippen LogP contribution is -2.21. The molecule has 0 aliphatic rings. The van der Waals surface area contributed by atoms with Crippen molar-refractivity contribution in [3.05, 3.63) is 56.9 Å². The summed E-state index contributed by atoms with van der Waals surface area (Å²) in [4.78, 5) is 20.1. The third-order valence-electron chi connectivity index (χ3n) is 4.06. The van der Waals surface area contributed by atoms with Gasteiger partial charge in [-0.05, 0) is 38.8 Å². The highest BCUT2D eigenvalue weighted by atomic mass is 16.1. The zero-order valence-corrected chi connectivity index (χ0v) is 13.8. The molecule has 0 aliphatic heterocycles. The predicted molar refractivity (Wildman–Crippen MR) is 90.4 cm³/mol. The van der Waals surface area contributed by atoms with Crippen molar-refractivity contribution >= 4 is 10.9 Å². The van der Waals surface area contributed by atoms with Crippen LogP contribution in [-0.4, -0.2) is 20.2 Å². The van der Waals surface area contributed by atoms with Crippen LogP contribution in [0.1, 0.15) is 41.4 Å². The Morgan fingerprint density at radius 2 is 1.96 bits per heavy atom. The lowest BCUT2D eigenvalue weighted by molar-refractivity contribution is 0.542. The Kier molecular flexibility index (Phi) is 4.00. The largest absolute Gasteiger partial charge is 0.357 e. The molecule has 2 aromatic heterocycles. The van der Waals surface area contributed by atoms with Gasteiger partial charge in [-0.2, -0.15) is 5.10 Å². The minimum absolute atomic E-state index is 0.00208. The zero-order valence-electron chi connectivity index (χ0n) is 13.8. The van der Waals surface area contributed by atoms with Gasteiger partial charge < -0.3 is 10.3 Å². The third-order valence-corrected chi connectivity index (χ3v) is 4.06. The molecule has 120 valence electrons. The van der Waals surface area contributed by atoms with E-state index in [0.29, 0.717) is 6.54 Å². The Morgan fingerprint density at radius 3 is 2.65 bits per heavy atom. The Morgan fingerprint density at radius 1 is 1.22 bits per heavy atom. The molecule has 0 fully saturated rings. The fraction of sp³-hybridized carbons (Fsp3) is 0.353. The molecule has 6 heteroatoms. The quantitative estimate of drug-likeness (QED) is 0.690. The number of rotatable bonds is 4. The van der Waals surface area contributed by atoms with Gasteiger partial charge in [-0.1, -0.05) is 12.1 Å². The highest BCUT2D eigenvalue weighted by molar-refractivity contribution is 5.84. The van der Waals surface area contributed by atoms with Crippen LogP contribution in [-0.2, 0) is 6.54 Å². The van der Waals surface area contributed by atoms with Crippen LogP contribution in [0.15, 0.2) is 23.0 Å². The first kappa shape index (κ1) is 15.4. The number of H-pyrrole nitrogens is 2. The van der Waals surface area contributed by atoms with Gasteiger partial charge in [0.25, 0.3) is 0 Å². The van der Waals surface area contributed by atoms with Crippen molar-refractivity contribution in [3.8, 4) is 0 Å². The van der Waals surface area contributed by atoms with E-state index in [9.17, 15) is 4.79 Å². The van der Waals surface area contributed by atoms with Crippen LogP contribution >= 0.6 is 0 Å². The average molecular weight is 311 g/mol. The summed E-state index contributed by atoms with van der Waals surface area (Å²) >= 11 is 0. The Balaban J connectivity index is 1.86. The van der Waals surface area contributed by atoms with Crippen molar-refractivity contribution in [2.45, 2.75) is 40.3 Å². The maximum Gasteiger partial charge on any atom is 0.189 e. The van der Waals surface area contributed by atoms with Crippen LogP contribution in [0.5, 0.6) is 0 Å². The smallest absolute Gasteiger partial charge is 0.189 e. The summed E-state index contributed by atoms with van der Waals surface area (Å²) in [6.07, 6.45) is 0. The average Bonchev–Trinajstić information content (AvgIpc) is 2.95. The first-order chi connectivity index (χ1) is 11.0. The van der Waals surface area contributed by atoms with Crippen molar-refractivity contribution in [3.63, 3.8) is 0 Å². The molecule has 2 heterocycles. The van der Waals surface area contributed by atoms with E-state index in [0.717, 1.165) is 39.4 Å². The van der Waals surface area contributed by atoms with E-state index < -0.39 is 0 Å². The monoisotopic (exact) mass is 311 g/mol. The zero-order chi connectivity index (χ0) is 16.6. The molecule has 0 amide bonds. The van der Waals surface area contributed by atoms with E-state index in [4.69, 9.17) is 0 Å². The van der Waals surface area contributed by atoms with Gasteiger partial charge in [-0.25, -0.2) is 4.98 Å². The van der Waals surface area contributed by atoms with Crippen molar-refractivity contribution < 1.29 is 0 Å². The minimum atomic E-state index is -0.00208. The van der Waals surface area contributed by atoms with E-state index in [1.165, 1.54) is 0 Å². The van der Waals surface area contributed by atoms with Gasteiger partial charge in [0.2, 0.25) is 0 Å². The number of pyridine rings is 1. The first-order valence-corrected chi connectivity index (χ1v) is 7.70. The number of aromatic amines is 2. The molecule has 3 N–H and O–H groups in total. The molecule has 23 heavy (non-hydrogen) atoms. The van der Waals surface area contributed by atoms with Crippen LogP contribution < -0.4 is 10.7 Å². The summed E-state index contributed by atoms with van der Waals surface area (Å²) in [6, 6.07) is 5.68. The van der Waals surface area contributed by atoms with Crippen LogP contribution in [0.3, 0.4) is 0 Å². The summed E-state index contributed by atoms with van der Waals surface area (Å²) in [6.45, 7) is 8.39. The van der Waals surface area contributed by atoms with E-state index in [1.807, 2.05) is 39.8 Å². The molecular formula is C17H21N5O. The fourth-order valence-electron chi connectivity index (χ4n) is 2.72. The first-order valence-electron chi connectivity index (χ1n) is 7.70. The van der Waals surface area contributed by atoms with Crippen LogP contribution in [0.4, 0.5) is 0 Å². The molecule has 0 saturated carbocycles. The SMILES string of the molecule is Cc1nc([C@@H](C)NCc2cc(=O)c3c(C)ccc(C)c3[nH]2)n[nH]1. The Hall–Kier alpha value is -2.47. The van der Waals surface area contributed by atoms with Gasteiger partial charge >= 0.3 is 0 Å². The molecule has 1 aromatic carbocycles. The van der Waals surface area contributed by atoms with Gasteiger partial charge in [-0.15, -0.1) is 0 Å². The molecule has 3 aromatic rings. The van der Waals surface area contributed by atoms with Crippen LogP contribution in [0, 0.1) is 20.8 Å². The van der Waals surface area contributed by atoms with Gasteiger partial charge in [-0.3, -0.25) is 9.89 Å². The molecule has 0 bridgehead atoms. The molecule has 0 radical (unpaired) electrons. The van der Waals surface area contributed by atoms with Gasteiger partial charge in [0.05, 0.1) is 11.6 Å². The summed E-state index contributed by atoms with van der Waals surface area (Å²) < 4.78 is 0. The summed E-state index contributed by atoms with van der Waals surface area (Å²) in [5.74, 6) is 1.51. The minimum Gasteiger partial charge on any atom is -0.357 e. The highest BCUT2D eigenvalue weighted by Crippen LogP contribution is 2.17. The topological polar surface area (TPSA) is 86.5 Å². The van der Waals surface area contributed by atoms with Crippen molar-refractivity contribution in [1.82, 2.24) is 25.5 Å². The molecule has 0 spiro atoms. The van der Waals surface area contributed by atoms with Gasteiger partial charge in [0, 0.05) is 23.7 Å². The van der Waals surface area contributed by atoms with Gasteiger partial charge in [0.15, 0.2) is 11.3 Å². The number of hydrogen-bond donors (Lipinski definition) is 3. The van der Waals surface area contributed by atoms with Crippen molar-refractivity contribution in [1.29, 1.82) is 0 Å². The summed E-state index contributed by atoms with van der Waals surface area (Å²) in [5, 5.41) is 11.1. The normalized spacial score (nSPS) is 12.7. The lowest BCUT2D eigenvalue weighted by atomic mass is 10.0. The number of nitrogens with zero attached hydrogens (tertiary/aromatic N) is 2. The highest BCUT2D eigenvalue weighted by Gasteiger charge is 2.11. The van der Waals surface area contributed by atoms with E-state index in [-0.39, 0.29) is 11.5 Å². The second-order valence-electron chi connectivity index (χ2n) is 5.99. The standard InChI is InChI=1S/C17H21N5O/c1-9-5-6-10(2)16-15(9)14(23)7-13(20-16)8-18-11(3)17-19-12(4)21-22-17/h5-7,11,18H,8H2,1-4H3,(H,20,23)(H,19,21,22)/t11-/m1/s1. The number of aromatic nitrogens is 4. The maximum atomic E-state index is 12.4. The summed E-state index contributed by atoms with van der Waals surface area (Å²) in [7, 11) is 0. The van der Waals surface area contributed by atoms with Crippen LogP contribution in [0.2, 0.25) is 0 Å². The summed E-state index contributed by atoms with van der Waals surface area (Å²) in [5.41, 5.74) is 3.89. The Labute approximate surface area is 134 Å². The predicted octanol–water partition coefficient (Wildman–Crippen LogP) is 2.42. The molecule has 1 atom stereocenters. The maximum absolute atomic E-state index is 12.4. The number of benzene rings is 1. The number of hydrogen-bond acceptors (Lipinski definition) is 4. The van der Waals surface area contributed by atoms with Crippen molar-refractivity contribution in [2.75, 3.05) is 0 Å². The van der Waals surface area contributed by atoms with E-state index >= 15 is 0 Å². The number of fused-ring (bicyclic) bond motifs is 1. The molecule has 3 rings (SSSR count). The van der Waals surface area contributed by atoms with Crippen LogP contribution in [0.25, 0.3) is 10.9 Å². The molecule has 0 saturated heterocycles. The second-order valence-corrected chi connectivity index (χ2v) is 5.99. The molecule has 0 aliphatic carbocycles. The number of aryl methyl sites for hydroxylation is 3. The molecule has 0 unspecified atom stereocenters. The fourth-order valence-corrected chi connectivity index (χ4v) is 2.72. The molecular weight excluding hydrogens is 290 g/mol. The lowest BCUT2D eigenvalue weighted by Gasteiger charge is -2.12. The Bertz CT molecular complexity index is 909. The third kappa shape index (κ3) is 3.03. The van der Waals surface area contributed by atoms with E-state index in [1.54, 1.807) is 6.07 Å². The van der Waals surface area contributed by atoms with Gasteiger partial charge in [0.1, 0.15) is 5.82 Å². The van der Waals surface area contributed by atoms with Crippen molar-refractivity contribution in [2.24, 2.45) is 0 Å². The molecule has 6 nitrogen and oxygen atoms in total. The number of nitrogens with one attached hydrogen (secondary N) is 3. The second kappa shape index (κ2) is 5.96.